The van der Waals surface area contributed by atoms with E-state index in [2.05, 4.69) is 15.3 Å². The molecule has 0 amide bonds. The second-order valence-corrected chi connectivity index (χ2v) is 3.80. The summed E-state index contributed by atoms with van der Waals surface area (Å²) in [5.41, 5.74) is 0.110. The highest BCUT2D eigenvalue weighted by Gasteiger charge is 2.12. The first-order valence-electron chi connectivity index (χ1n) is 5.73. The SMILES string of the molecule is CCCNc1ncc(F)c(-c2ccccc2F)n1. The van der Waals surface area contributed by atoms with Gasteiger partial charge in [0.15, 0.2) is 5.82 Å². The molecule has 5 heteroatoms. The van der Waals surface area contributed by atoms with E-state index in [1.807, 2.05) is 6.92 Å². The fraction of sp³-hybridized carbons (Fsp3) is 0.231. The van der Waals surface area contributed by atoms with Gasteiger partial charge in [-0.2, -0.15) is 0 Å². The Morgan fingerprint density at radius 2 is 1.94 bits per heavy atom. The van der Waals surface area contributed by atoms with Gasteiger partial charge in [-0.1, -0.05) is 19.1 Å². The summed E-state index contributed by atoms with van der Waals surface area (Å²) in [5, 5.41) is 2.94. The van der Waals surface area contributed by atoms with Crippen LogP contribution in [-0.4, -0.2) is 16.5 Å². The number of nitrogens with one attached hydrogen (secondary N) is 1. The lowest BCUT2D eigenvalue weighted by Gasteiger charge is -2.07. The van der Waals surface area contributed by atoms with Crippen LogP contribution in [0.5, 0.6) is 0 Å². The molecular weight excluding hydrogens is 236 g/mol. The third-order valence-electron chi connectivity index (χ3n) is 2.41. The van der Waals surface area contributed by atoms with Crippen molar-refractivity contribution in [2.75, 3.05) is 11.9 Å². The number of benzene rings is 1. The van der Waals surface area contributed by atoms with Crippen molar-refractivity contribution < 1.29 is 8.78 Å². The minimum atomic E-state index is -0.637. The van der Waals surface area contributed by atoms with Crippen molar-refractivity contribution in [3.8, 4) is 11.3 Å². The van der Waals surface area contributed by atoms with Gasteiger partial charge in [0, 0.05) is 12.1 Å². The molecule has 0 unspecified atom stereocenters. The van der Waals surface area contributed by atoms with Crippen LogP contribution in [0.2, 0.25) is 0 Å². The van der Waals surface area contributed by atoms with E-state index in [1.54, 1.807) is 12.1 Å². The number of nitrogens with zero attached hydrogens (tertiary/aromatic N) is 2. The molecule has 0 fully saturated rings. The van der Waals surface area contributed by atoms with E-state index in [9.17, 15) is 8.78 Å². The predicted octanol–water partition coefficient (Wildman–Crippen LogP) is 3.24. The molecule has 1 aromatic carbocycles. The summed E-state index contributed by atoms with van der Waals surface area (Å²) in [7, 11) is 0. The van der Waals surface area contributed by atoms with E-state index >= 15 is 0 Å². The maximum Gasteiger partial charge on any atom is 0.223 e. The van der Waals surface area contributed by atoms with E-state index in [-0.39, 0.29) is 11.3 Å². The number of hydrogen-bond acceptors (Lipinski definition) is 3. The van der Waals surface area contributed by atoms with Crippen LogP contribution >= 0.6 is 0 Å². The van der Waals surface area contributed by atoms with Gasteiger partial charge >= 0.3 is 0 Å². The Bertz CT molecular complexity index is 544. The standard InChI is InChI=1S/C13H13F2N3/c1-2-7-16-13-17-8-11(15)12(18-13)9-5-3-4-6-10(9)14/h3-6,8H,2,7H2,1H3,(H,16,17,18). The summed E-state index contributed by atoms with van der Waals surface area (Å²) in [5.74, 6) is -0.838. The van der Waals surface area contributed by atoms with Crippen molar-refractivity contribution in [2.24, 2.45) is 0 Å². The van der Waals surface area contributed by atoms with E-state index in [1.165, 1.54) is 12.1 Å². The molecule has 1 N–H and O–H groups in total. The van der Waals surface area contributed by atoms with Gasteiger partial charge in [0.1, 0.15) is 11.5 Å². The summed E-state index contributed by atoms with van der Waals surface area (Å²) in [4.78, 5) is 7.82. The highest BCUT2D eigenvalue weighted by atomic mass is 19.1. The van der Waals surface area contributed by atoms with Crippen LogP contribution in [0.25, 0.3) is 11.3 Å². The number of anilines is 1. The smallest absolute Gasteiger partial charge is 0.223 e. The molecule has 1 heterocycles. The van der Waals surface area contributed by atoms with Crippen molar-refractivity contribution >= 4 is 5.95 Å². The highest BCUT2D eigenvalue weighted by Crippen LogP contribution is 2.23. The Morgan fingerprint density at radius 3 is 2.67 bits per heavy atom. The second-order valence-electron chi connectivity index (χ2n) is 3.80. The number of halogens is 2. The molecular formula is C13H13F2N3. The lowest BCUT2D eigenvalue weighted by atomic mass is 10.1. The summed E-state index contributed by atoms with van der Waals surface area (Å²) in [6, 6.07) is 5.95. The number of aromatic nitrogens is 2. The minimum absolute atomic E-state index is 0.0262. The van der Waals surface area contributed by atoms with Crippen molar-refractivity contribution in [3.63, 3.8) is 0 Å². The molecule has 0 spiro atoms. The predicted molar refractivity (Wildman–Crippen MR) is 66.2 cm³/mol. The maximum absolute atomic E-state index is 13.6. The van der Waals surface area contributed by atoms with Gasteiger partial charge in [-0.3, -0.25) is 0 Å². The van der Waals surface area contributed by atoms with Gasteiger partial charge in [0.25, 0.3) is 0 Å². The molecule has 0 atom stereocenters. The van der Waals surface area contributed by atoms with E-state index < -0.39 is 11.6 Å². The van der Waals surface area contributed by atoms with Gasteiger partial charge in [-0.25, -0.2) is 18.7 Å². The van der Waals surface area contributed by atoms with Gasteiger partial charge in [0.2, 0.25) is 5.95 Å². The zero-order valence-electron chi connectivity index (χ0n) is 9.95. The summed E-state index contributed by atoms with van der Waals surface area (Å²) in [6.45, 7) is 2.68. The van der Waals surface area contributed by atoms with Crippen molar-refractivity contribution in [2.45, 2.75) is 13.3 Å². The molecule has 1 aromatic heterocycles. The quantitative estimate of drug-likeness (QED) is 0.903. The fourth-order valence-electron chi connectivity index (χ4n) is 1.53. The Balaban J connectivity index is 2.40. The van der Waals surface area contributed by atoms with Crippen molar-refractivity contribution in [1.29, 1.82) is 0 Å². The summed E-state index contributed by atoms with van der Waals surface area (Å²) in [6.07, 6.45) is 1.95. The molecule has 2 rings (SSSR count). The normalized spacial score (nSPS) is 10.4. The second kappa shape index (κ2) is 5.53. The largest absolute Gasteiger partial charge is 0.354 e. The Hall–Kier alpha value is -2.04. The first kappa shape index (κ1) is 12.4. The van der Waals surface area contributed by atoms with Gasteiger partial charge < -0.3 is 5.32 Å². The molecule has 0 aliphatic carbocycles. The molecule has 0 aliphatic rings. The first-order valence-corrected chi connectivity index (χ1v) is 5.73. The third-order valence-corrected chi connectivity index (χ3v) is 2.41. The zero-order valence-corrected chi connectivity index (χ0v) is 9.95. The highest BCUT2D eigenvalue weighted by molar-refractivity contribution is 5.61. The number of rotatable bonds is 4. The molecule has 0 radical (unpaired) electrons. The molecule has 0 saturated heterocycles. The van der Waals surface area contributed by atoms with E-state index in [4.69, 9.17) is 0 Å². The molecule has 3 nitrogen and oxygen atoms in total. The molecule has 2 aromatic rings. The van der Waals surface area contributed by atoms with Crippen LogP contribution in [0.4, 0.5) is 14.7 Å². The average Bonchev–Trinajstić information content (AvgIpc) is 2.39. The molecule has 18 heavy (non-hydrogen) atoms. The molecule has 94 valence electrons. The number of hydrogen-bond donors (Lipinski definition) is 1. The van der Waals surface area contributed by atoms with Gasteiger partial charge in [-0.05, 0) is 18.6 Å². The van der Waals surface area contributed by atoms with Gasteiger partial charge in [-0.15, -0.1) is 0 Å². The summed E-state index contributed by atoms with van der Waals surface area (Å²) < 4.78 is 27.2. The lowest BCUT2D eigenvalue weighted by molar-refractivity contribution is 0.607. The first-order chi connectivity index (χ1) is 8.72. The Labute approximate surface area is 104 Å². The topological polar surface area (TPSA) is 37.8 Å². The Kier molecular flexibility index (Phi) is 3.82. The lowest BCUT2D eigenvalue weighted by Crippen LogP contribution is -2.06. The van der Waals surface area contributed by atoms with E-state index in [0.29, 0.717) is 12.5 Å². The van der Waals surface area contributed by atoms with Crippen LogP contribution in [0.15, 0.2) is 30.5 Å². The van der Waals surface area contributed by atoms with Crippen LogP contribution in [0, 0.1) is 11.6 Å². The van der Waals surface area contributed by atoms with Gasteiger partial charge in [0.05, 0.1) is 6.20 Å². The monoisotopic (exact) mass is 249 g/mol. The van der Waals surface area contributed by atoms with Crippen LogP contribution in [0.3, 0.4) is 0 Å². The zero-order chi connectivity index (χ0) is 13.0. The van der Waals surface area contributed by atoms with Crippen molar-refractivity contribution in [1.82, 2.24) is 9.97 Å². The molecule has 0 aliphatic heterocycles. The maximum atomic E-state index is 13.6. The van der Waals surface area contributed by atoms with Crippen LogP contribution in [-0.2, 0) is 0 Å². The Morgan fingerprint density at radius 1 is 1.17 bits per heavy atom. The summed E-state index contributed by atoms with van der Waals surface area (Å²) >= 11 is 0. The average molecular weight is 249 g/mol. The fourth-order valence-corrected chi connectivity index (χ4v) is 1.53. The van der Waals surface area contributed by atoms with E-state index in [0.717, 1.165) is 12.6 Å². The minimum Gasteiger partial charge on any atom is -0.354 e. The molecule has 0 bridgehead atoms. The molecule has 0 saturated carbocycles. The third kappa shape index (κ3) is 2.61. The van der Waals surface area contributed by atoms with Crippen LogP contribution < -0.4 is 5.32 Å². The van der Waals surface area contributed by atoms with Crippen molar-refractivity contribution in [3.05, 3.63) is 42.1 Å². The van der Waals surface area contributed by atoms with Crippen LogP contribution in [0.1, 0.15) is 13.3 Å².